The normalized spacial score (nSPS) is 19.4. The van der Waals surface area contributed by atoms with Crippen LogP contribution in [0.2, 0.25) is 0 Å². The van der Waals surface area contributed by atoms with E-state index in [4.69, 9.17) is 0 Å². The molecule has 3 heterocycles. The number of amidine groups is 1. The molecular weight excluding hydrogens is 300 g/mol. The Morgan fingerprint density at radius 2 is 2.19 bits per heavy atom. The van der Waals surface area contributed by atoms with Gasteiger partial charge in [0.1, 0.15) is 0 Å². The summed E-state index contributed by atoms with van der Waals surface area (Å²) in [7, 11) is 0. The molecule has 0 radical (unpaired) electrons. The van der Waals surface area contributed by atoms with Crippen LogP contribution in [0.25, 0.3) is 15.8 Å². The van der Waals surface area contributed by atoms with Gasteiger partial charge in [-0.25, -0.2) is 0 Å². The molecule has 3 nitrogen and oxygen atoms in total. The van der Waals surface area contributed by atoms with Crippen LogP contribution in [0.5, 0.6) is 0 Å². The maximum absolute atomic E-state index is 10.2. The summed E-state index contributed by atoms with van der Waals surface area (Å²) in [5, 5.41) is 14.6. The lowest BCUT2D eigenvalue weighted by molar-refractivity contribution is 0.240. The summed E-state index contributed by atoms with van der Waals surface area (Å²) in [6.07, 6.45) is -0.463. The van der Waals surface area contributed by atoms with Crippen molar-refractivity contribution in [2.45, 2.75) is 20.0 Å². The van der Waals surface area contributed by atoms with Gasteiger partial charge in [0, 0.05) is 21.7 Å². The first-order valence-corrected chi connectivity index (χ1v) is 8.75. The number of thiophene rings is 1. The van der Waals surface area contributed by atoms with Gasteiger partial charge in [-0.1, -0.05) is 23.9 Å². The molecule has 4 rings (SSSR count). The van der Waals surface area contributed by atoms with Gasteiger partial charge in [-0.2, -0.15) is 0 Å². The van der Waals surface area contributed by atoms with Gasteiger partial charge in [0.15, 0.2) is 5.17 Å². The molecule has 21 heavy (non-hydrogen) atoms. The van der Waals surface area contributed by atoms with Crippen LogP contribution in [0.3, 0.4) is 0 Å². The number of thioether (sulfide) groups is 1. The fourth-order valence-electron chi connectivity index (χ4n) is 2.95. The Morgan fingerprint density at radius 1 is 1.33 bits per heavy atom. The number of rotatable bonds is 2. The van der Waals surface area contributed by atoms with Gasteiger partial charge in [0.2, 0.25) is 0 Å². The highest BCUT2D eigenvalue weighted by Crippen LogP contribution is 2.45. The topological polar surface area (TPSA) is 35.8 Å². The predicted molar refractivity (Wildman–Crippen MR) is 91.8 cm³/mol. The molecule has 0 bridgehead atoms. The summed E-state index contributed by atoms with van der Waals surface area (Å²) in [6.45, 7) is 5.74. The zero-order chi connectivity index (χ0) is 14.6. The second kappa shape index (κ2) is 4.87. The van der Waals surface area contributed by atoms with Gasteiger partial charge < -0.3 is 10.0 Å². The molecule has 0 saturated heterocycles. The molecule has 2 aliphatic heterocycles. The Balaban J connectivity index is 1.97. The fourth-order valence-corrected chi connectivity index (χ4v) is 5.07. The van der Waals surface area contributed by atoms with Crippen LogP contribution in [0.4, 0.5) is 0 Å². The molecule has 1 aromatic heterocycles. The molecule has 1 atom stereocenters. The van der Waals surface area contributed by atoms with E-state index >= 15 is 0 Å². The van der Waals surface area contributed by atoms with Gasteiger partial charge in [-0.3, -0.25) is 4.99 Å². The van der Waals surface area contributed by atoms with Crippen LogP contribution < -0.4 is 0 Å². The van der Waals surface area contributed by atoms with Crippen molar-refractivity contribution in [1.82, 2.24) is 4.90 Å². The van der Waals surface area contributed by atoms with E-state index in [1.807, 2.05) is 6.92 Å². The lowest BCUT2D eigenvalue weighted by atomic mass is 10.0. The third-order valence-corrected chi connectivity index (χ3v) is 6.21. The molecule has 2 aromatic rings. The van der Waals surface area contributed by atoms with E-state index in [0.29, 0.717) is 0 Å². The minimum atomic E-state index is -0.463. The second-order valence-electron chi connectivity index (χ2n) is 5.40. The average Bonchev–Trinajstić information content (AvgIpc) is 3.13. The lowest BCUT2D eigenvalue weighted by Crippen LogP contribution is -2.20. The summed E-state index contributed by atoms with van der Waals surface area (Å²) in [6, 6.07) is 6.54. The number of fused-ring (bicyclic) bond motifs is 2. The van der Waals surface area contributed by atoms with Crippen molar-refractivity contribution in [3.8, 4) is 0 Å². The van der Waals surface area contributed by atoms with Crippen LogP contribution in [-0.2, 0) is 0 Å². The van der Waals surface area contributed by atoms with Crippen molar-refractivity contribution < 1.29 is 5.11 Å². The van der Waals surface area contributed by atoms with Gasteiger partial charge in [-0.15, -0.1) is 11.3 Å². The van der Waals surface area contributed by atoms with Crippen molar-refractivity contribution in [2.24, 2.45) is 4.99 Å². The van der Waals surface area contributed by atoms with E-state index < -0.39 is 6.10 Å². The Bertz CT molecular complexity index is 789. The Hall–Kier alpha value is -1.30. The van der Waals surface area contributed by atoms with E-state index in [1.165, 1.54) is 21.2 Å². The summed E-state index contributed by atoms with van der Waals surface area (Å²) in [5.41, 5.74) is 3.68. The van der Waals surface area contributed by atoms with Gasteiger partial charge in [-0.05, 0) is 36.2 Å². The summed E-state index contributed by atoms with van der Waals surface area (Å²) < 4.78 is 1.30. The average molecular weight is 316 g/mol. The molecule has 1 N–H and O–H groups in total. The van der Waals surface area contributed by atoms with Gasteiger partial charge in [0.05, 0.1) is 18.3 Å². The van der Waals surface area contributed by atoms with E-state index in [1.54, 1.807) is 23.1 Å². The molecule has 2 aliphatic rings. The number of aliphatic hydroxyl groups is 1. The molecule has 1 unspecified atom stereocenters. The third-order valence-electron chi connectivity index (χ3n) is 3.98. The highest BCUT2D eigenvalue weighted by atomic mass is 32.2. The zero-order valence-corrected chi connectivity index (χ0v) is 13.6. The van der Waals surface area contributed by atoms with Crippen LogP contribution in [0.15, 0.2) is 33.5 Å². The molecule has 0 amide bonds. The number of aliphatic hydroxyl groups excluding tert-OH is 1. The highest BCUT2D eigenvalue weighted by Gasteiger charge is 2.35. The first-order chi connectivity index (χ1) is 10.2. The molecule has 5 heteroatoms. The minimum Gasteiger partial charge on any atom is -0.388 e. The van der Waals surface area contributed by atoms with Crippen LogP contribution in [0.1, 0.15) is 18.1 Å². The molecular formula is C16H16N2OS2. The second-order valence-corrected chi connectivity index (χ2v) is 7.33. The lowest BCUT2D eigenvalue weighted by Gasteiger charge is -2.19. The maximum atomic E-state index is 10.2. The number of hydrogen-bond donors (Lipinski definition) is 1. The third kappa shape index (κ3) is 1.95. The molecule has 1 aromatic carbocycles. The van der Waals surface area contributed by atoms with E-state index in [-0.39, 0.29) is 0 Å². The molecule has 0 aliphatic carbocycles. The number of benzene rings is 1. The number of aliphatic imine (C=N–C) groups is 1. The molecule has 0 saturated carbocycles. The van der Waals surface area contributed by atoms with Crippen molar-refractivity contribution in [3.63, 3.8) is 0 Å². The monoisotopic (exact) mass is 316 g/mol. The molecule has 0 fully saturated rings. The van der Waals surface area contributed by atoms with E-state index in [2.05, 4.69) is 40.4 Å². The largest absolute Gasteiger partial charge is 0.388 e. The SMILES string of the molecule is Cc1ccc(C2=C(C(C)O)SC3=NCCN32)c2sccc12. The zero-order valence-electron chi connectivity index (χ0n) is 12.0. The molecule has 0 spiro atoms. The number of aryl methyl sites for hydroxylation is 1. The summed E-state index contributed by atoms with van der Waals surface area (Å²) in [5.74, 6) is 0. The van der Waals surface area contributed by atoms with Crippen molar-refractivity contribution >= 4 is 44.0 Å². The number of nitrogens with zero attached hydrogens (tertiary/aromatic N) is 2. The smallest absolute Gasteiger partial charge is 0.168 e. The fraction of sp³-hybridized carbons (Fsp3) is 0.312. The van der Waals surface area contributed by atoms with E-state index in [9.17, 15) is 5.11 Å². The van der Waals surface area contributed by atoms with Crippen LogP contribution in [-0.4, -0.2) is 34.4 Å². The van der Waals surface area contributed by atoms with Gasteiger partial charge >= 0.3 is 0 Å². The predicted octanol–water partition coefficient (Wildman–Crippen LogP) is 3.68. The first kappa shape index (κ1) is 13.4. The minimum absolute atomic E-state index is 0.463. The Kier molecular flexibility index (Phi) is 3.10. The summed E-state index contributed by atoms with van der Waals surface area (Å²) >= 11 is 3.39. The quantitative estimate of drug-likeness (QED) is 0.918. The van der Waals surface area contributed by atoms with Crippen LogP contribution in [0, 0.1) is 6.92 Å². The maximum Gasteiger partial charge on any atom is 0.168 e. The highest BCUT2D eigenvalue weighted by molar-refractivity contribution is 8.17. The Morgan fingerprint density at radius 3 is 3.00 bits per heavy atom. The number of hydrogen-bond acceptors (Lipinski definition) is 5. The Labute approximate surface area is 132 Å². The van der Waals surface area contributed by atoms with Crippen LogP contribution >= 0.6 is 23.1 Å². The van der Waals surface area contributed by atoms with Crippen molar-refractivity contribution in [2.75, 3.05) is 13.1 Å². The van der Waals surface area contributed by atoms with Crippen molar-refractivity contribution in [3.05, 3.63) is 39.6 Å². The molecule has 108 valence electrons. The van der Waals surface area contributed by atoms with Crippen molar-refractivity contribution in [1.29, 1.82) is 0 Å². The summed E-state index contributed by atoms with van der Waals surface area (Å²) in [4.78, 5) is 7.83. The first-order valence-electron chi connectivity index (χ1n) is 7.06. The van der Waals surface area contributed by atoms with E-state index in [0.717, 1.165) is 28.9 Å². The standard InChI is InChI=1S/C16H16N2OS2/c1-9-3-4-12(15-11(9)5-8-20-15)13-14(10(2)19)21-16-17-6-7-18(13)16/h3-5,8,10,19H,6-7H2,1-2H3. The van der Waals surface area contributed by atoms with Gasteiger partial charge in [0.25, 0.3) is 0 Å².